The van der Waals surface area contributed by atoms with Crippen LogP contribution >= 0.6 is 16.1 Å². The van der Waals surface area contributed by atoms with Crippen molar-refractivity contribution in [2.24, 2.45) is 0 Å². The number of halogens is 2. The van der Waals surface area contributed by atoms with Gasteiger partial charge >= 0.3 is 30.9 Å². The van der Waals surface area contributed by atoms with E-state index in [1.807, 2.05) is 32.4 Å². The van der Waals surface area contributed by atoms with Gasteiger partial charge in [-0.3, -0.25) is 32.9 Å². The molecule has 2 aromatic heterocycles. The van der Waals surface area contributed by atoms with E-state index >= 15 is 8.78 Å². The lowest BCUT2D eigenvalue weighted by molar-refractivity contribution is -0.156. The van der Waals surface area contributed by atoms with Gasteiger partial charge in [-0.1, -0.05) is 36.4 Å². The van der Waals surface area contributed by atoms with Gasteiger partial charge in [-0.25, -0.2) is 36.2 Å². The largest absolute Gasteiger partial charge is 0.456 e. The first-order valence-electron chi connectivity index (χ1n) is 24.6. The number of aromatic nitrogens is 4. The first-order valence-corrected chi connectivity index (χ1v) is 27.7. The Bertz CT molecular complexity index is 2990. The molecular formula is C51H63F2N9O15P2. The third kappa shape index (κ3) is 17.2. The average molecular weight is 1140 g/mol. The number of rotatable bonds is 23. The highest BCUT2D eigenvalue weighted by molar-refractivity contribution is 7.52. The lowest BCUT2D eigenvalue weighted by atomic mass is 9.98. The van der Waals surface area contributed by atoms with Crippen LogP contribution < -0.4 is 22.0 Å². The van der Waals surface area contributed by atoms with Crippen LogP contribution in [0.25, 0.3) is 9.69 Å². The lowest BCUT2D eigenvalue weighted by Crippen LogP contribution is -2.45. The van der Waals surface area contributed by atoms with E-state index in [0.29, 0.717) is 11.1 Å². The Morgan fingerprint density at radius 3 is 1.52 bits per heavy atom. The minimum absolute atomic E-state index is 0.0234. The first-order chi connectivity index (χ1) is 37.3. The third-order valence-corrected chi connectivity index (χ3v) is 15.0. The number of carbonyl (C=O) groups is 4. The Hall–Kier alpha value is -6.70. The maximum Gasteiger partial charge on any atom is 0.351 e. The fourth-order valence-electron chi connectivity index (χ4n) is 8.24. The fraction of sp³-hybridized carbons (Fsp3) is 0.490. The topological polar surface area (TPSA) is 265 Å². The van der Waals surface area contributed by atoms with Crippen LogP contribution in [0.2, 0.25) is 0 Å². The number of esters is 2. The van der Waals surface area contributed by atoms with E-state index < -0.39 is 106 Å². The van der Waals surface area contributed by atoms with E-state index in [1.165, 1.54) is 38.1 Å². The molecule has 2 aliphatic heterocycles. The van der Waals surface area contributed by atoms with Crippen LogP contribution in [0, 0.1) is 13.1 Å². The quantitative estimate of drug-likeness (QED) is 0.0322. The van der Waals surface area contributed by atoms with E-state index in [4.69, 9.17) is 50.2 Å². The highest BCUT2D eigenvalue weighted by Gasteiger charge is 2.59. The van der Waals surface area contributed by atoms with Gasteiger partial charge in [-0.05, 0) is 77.9 Å². The summed E-state index contributed by atoms with van der Waals surface area (Å²) >= 11 is 0. The number of amides is 2. The highest BCUT2D eigenvalue weighted by Crippen LogP contribution is 2.50. The van der Waals surface area contributed by atoms with Crippen molar-refractivity contribution in [1.82, 2.24) is 23.8 Å². The monoisotopic (exact) mass is 1140 g/mol. The second-order valence-electron chi connectivity index (χ2n) is 18.7. The minimum atomic E-state index is -3.63. The van der Waals surface area contributed by atoms with Crippen LogP contribution in [0.15, 0.2) is 94.8 Å². The molecule has 2 fully saturated rings. The number of benzene rings is 2. The Kier molecular flexibility index (Phi) is 22.7. The van der Waals surface area contributed by atoms with Gasteiger partial charge < -0.3 is 57.4 Å². The van der Waals surface area contributed by atoms with Gasteiger partial charge in [0.1, 0.15) is 37.1 Å². The SMILES string of the molecule is [C-]#[N+]CCOP(C)(=O)OCC1OC(n2ccc(NC(=O)c3ccccc3)nc2=O)C(C)(F)C1OC(C)=O.[C-]#[N+]CCOP(OCC1OC(n2ccc(NC(=O)c3ccccc3)nc2=O)C(C)(F)C1OC(C)=O)N(C(C)C)C(C)C. The summed E-state index contributed by atoms with van der Waals surface area (Å²) in [6.45, 7) is 26.8. The maximum absolute atomic E-state index is 16.4. The molecule has 24 nitrogen and oxygen atoms in total. The molecule has 10 unspecified atom stereocenters. The highest BCUT2D eigenvalue weighted by atomic mass is 31.2. The Morgan fingerprint density at radius 2 is 1.13 bits per heavy atom. The second-order valence-corrected chi connectivity index (χ2v) is 22.2. The molecule has 0 saturated carbocycles. The summed E-state index contributed by atoms with van der Waals surface area (Å²) in [7, 11) is -5.31. The van der Waals surface area contributed by atoms with Gasteiger partial charge in [-0.2, -0.15) is 9.97 Å². The molecule has 426 valence electrons. The van der Waals surface area contributed by atoms with Gasteiger partial charge in [0.05, 0.1) is 13.2 Å². The average Bonchev–Trinajstić information content (AvgIpc) is 3.81. The predicted molar refractivity (Wildman–Crippen MR) is 283 cm³/mol. The van der Waals surface area contributed by atoms with Crippen molar-refractivity contribution in [3.63, 3.8) is 0 Å². The predicted octanol–water partition coefficient (Wildman–Crippen LogP) is 7.18. The number of ether oxygens (including phenoxy) is 4. The van der Waals surface area contributed by atoms with Gasteiger partial charge in [-0.15, -0.1) is 0 Å². The molecule has 2 N–H and O–H groups in total. The van der Waals surface area contributed by atoms with Crippen LogP contribution in [0.5, 0.6) is 0 Å². The zero-order valence-corrected chi connectivity index (χ0v) is 46.6. The molecule has 2 aliphatic rings. The van der Waals surface area contributed by atoms with Crippen molar-refractivity contribution in [2.45, 2.75) is 116 Å². The van der Waals surface area contributed by atoms with Gasteiger partial charge in [0.2, 0.25) is 13.1 Å². The zero-order chi connectivity index (χ0) is 58.2. The van der Waals surface area contributed by atoms with Crippen molar-refractivity contribution in [2.75, 3.05) is 56.8 Å². The van der Waals surface area contributed by atoms with Crippen LogP contribution in [0.1, 0.15) is 88.6 Å². The zero-order valence-electron chi connectivity index (χ0n) is 44.8. The number of carbonyl (C=O) groups excluding carboxylic acids is 4. The van der Waals surface area contributed by atoms with E-state index in [0.717, 1.165) is 29.9 Å². The molecule has 0 bridgehead atoms. The summed E-state index contributed by atoms with van der Waals surface area (Å²) in [5, 5.41) is 5.03. The smallest absolute Gasteiger partial charge is 0.351 e. The standard InChI is InChI=1S/C28H37FN5O7P.C23H26FN4O8P/c1-18(2)34(19(3)4)42(38-16-14-30-7)39-17-22-24(40-20(5)35)28(6,29)26(41-22)33-15-13-23(32-27(33)37)31-25(36)21-11-9-8-10-12-21;1-15(29)35-19-17(14-34-37(4,32)33-13-11-25-3)36-21(23(19,2)24)28-12-10-18(27-22(28)31)26-20(30)16-8-6-5-7-9-16/h8-13,15,18-19,22,24,26H,14,16-17H2,1-6H3,(H,31,32,36,37);5-10,12,17,19,21H,11,13-14H2,1-2,4H3,(H,26,27,30,31). The number of nitrogens with one attached hydrogen (secondary N) is 2. The Balaban J connectivity index is 0.000000293. The fourth-order valence-corrected chi connectivity index (χ4v) is 10.8. The maximum atomic E-state index is 16.4. The molecule has 10 atom stereocenters. The van der Waals surface area contributed by atoms with Crippen molar-refractivity contribution in [1.29, 1.82) is 0 Å². The van der Waals surface area contributed by atoms with Crippen LogP contribution in [-0.4, -0.2) is 142 Å². The Labute approximate surface area is 456 Å². The van der Waals surface area contributed by atoms with Crippen molar-refractivity contribution < 1.29 is 69.6 Å². The summed E-state index contributed by atoms with van der Waals surface area (Å²) in [4.78, 5) is 88.2. The van der Waals surface area contributed by atoms with E-state index in [9.17, 15) is 33.3 Å². The number of hydrogen-bond acceptors (Lipinski definition) is 18. The molecular weight excluding hydrogens is 1080 g/mol. The van der Waals surface area contributed by atoms with Crippen molar-refractivity contribution in [3.05, 3.63) is 140 Å². The first kappa shape index (κ1) is 63.1. The summed E-state index contributed by atoms with van der Waals surface area (Å²) < 4.78 is 93.1. The molecule has 2 amide bonds. The molecule has 0 radical (unpaired) electrons. The number of nitrogens with zero attached hydrogens (tertiary/aromatic N) is 7. The number of alkyl halides is 2. The normalized spacial score (nSPS) is 23.6. The van der Waals surface area contributed by atoms with Crippen LogP contribution in [0.3, 0.4) is 0 Å². The van der Waals surface area contributed by atoms with E-state index in [1.54, 1.807) is 60.7 Å². The van der Waals surface area contributed by atoms with Gasteiger partial charge in [0, 0.05) is 56.1 Å². The molecule has 79 heavy (non-hydrogen) atoms. The number of anilines is 2. The summed E-state index contributed by atoms with van der Waals surface area (Å²) in [6.07, 6.45) is -5.98. The van der Waals surface area contributed by atoms with Gasteiger partial charge in [0.15, 0.2) is 36.0 Å². The lowest BCUT2D eigenvalue weighted by Gasteiger charge is -2.36. The molecule has 6 rings (SSSR count). The third-order valence-electron chi connectivity index (χ3n) is 11.7. The van der Waals surface area contributed by atoms with Crippen LogP contribution in [0.4, 0.5) is 20.4 Å². The van der Waals surface area contributed by atoms with Crippen molar-refractivity contribution in [3.8, 4) is 0 Å². The summed E-state index contributed by atoms with van der Waals surface area (Å²) in [5.74, 6) is -2.58. The summed E-state index contributed by atoms with van der Waals surface area (Å²) in [5.41, 5.74) is -5.88. The Morgan fingerprint density at radius 1 is 0.709 bits per heavy atom. The van der Waals surface area contributed by atoms with E-state index in [2.05, 4.69) is 30.3 Å². The molecule has 28 heteroatoms. The molecule has 2 aromatic carbocycles. The summed E-state index contributed by atoms with van der Waals surface area (Å²) in [6, 6.07) is 19.3. The van der Waals surface area contributed by atoms with Crippen LogP contribution in [-0.2, 0) is 51.2 Å². The molecule has 0 spiro atoms. The molecule has 4 heterocycles. The molecule has 4 aromatic rings. The molecule has 0 aliphatic carbocycles. The van der Waals surface area contributed by atoms with E-state index in [-0.39, 0.29) is 56.6 Å². The van der Waals surface area contributed by atoms with Gasteiger partial charge in [0.25, 0.3) is 20.3 Å². The second kappa shape index (κ2) is 28.4. The van der Waals surface area contributed by atoms with Crippen molar-refractivity contribution >= 4 is 51.5 Å². The molecule has 2 saturated heterocycles. The number of hydrogen-bond donors (Lipinski definition) is 2. The minimum Gasteiger partial charge on any atom is -0.456 e.